The van der Waals surface area contributed by atoms with Crippen LogP contribution in [0, 0.1) is 0 Å². The second-order valence-corrected chi connectivity index (χ2v) is 4.89. The van der Waals surface area contributed by atoms with Crippen molar-refractivity contribution < 1.29 is 9.59 Å². The Morgan fingerprint density at radius 3 is 2.35 bits per heavy atom. The number of piperazine rings is 1. The van der Waals surface area contributed by atoms with Crippen molar-refractivity contribution in [2.75, 3.05) is 26.2 Å². The first kappa shape index (κ1) is 14.5. The van der Waals surface area contributed by atoms with E-state index in [1.54, 1.807) is 29.4 Å². The molecule has 2 amide bonds. The molecule has 2 heterocycles. The number of pyridine rings is 1. The number of primary amides is 1. The Hall–Kier alpha value is -1.95. The summed E-state index contributed by atoms with van der Waals surface area (Å²) in [5.74, 6) is -0.277. The first-order valence-electron chi connectivity index (χ1n) is 6.86. The summed E-state index contributed by atoms with van der Waals surface area (Å²) < 4.78 is 0. The fourth-order valence-corrected chi connectivity index (χ4v) is 2.55. The maximum Gasteiger partial charge on any atom is 0.254 e. The second-order valence-electron chi connectivity index (χ2n) is 4.89. The molecule has 6 nitrogen and oxygen atoms in total. The highest BCUT2D eigenvalue weighted by atomic mass is 16.2. The molecule has 1 unspecified atom stereocenters. The zero-order chi connectivity index (χ0) is 14.5. The normalized spacial score (nSPS) is 17.8. The van der Waals surface area contributed by atoms with Gasteiger partial charge in [0.15, 0.2) is 0 Å². The Labute approximate surface area is 118 Å². The van der Waals surface area contributed by atoms with E-state index in [0.29, 0.717) is 38.2 Å². The van der Waals surface area contributed by atoms with E-state index in [9.17, 15) is 9.59 Å². The number of amides is 2. The fourth-order valence-electron chi connectivity index (χ4n) is 2.55. The molecule has 0 spiro atoms. The number of hydrogen-bond donors (Lipinski definition) is 1. The van der Waals surface area contributed by atoms with E-state index in [0.717, 1.165) is 0 Å². The van der Waals surface area contributed by atoms with Crippen LogP contribution in [0.15, 0.2) is 24.5 Å². The van der Waals surface area contributed by atoms with Crippen LogP contribution in [-0.2, 0) is 4.79 Å². The topological polar surface area (TPSA) is 79.5 Å². The lowest BCUT2D eigenvalue weighted by Gasteiger charge is -2.37. The molecule has 108 valence electrons. The first-order valence-corrected chi connectivity index (χ1v) is 6.86. The highest BCUT2D eigenvalue weighted by molar-refractivity contribution is 5.94. The quantitative estimate of drug-likeness (QED) is 0.846. The molecular weight excluding hydrogens is 256 g/mol. The molecular formula is C14H20N4O2. The van der Waals surface area contributed by atoms with E-state index < -0.39 is 0 Å². The van der Waals surface area contributed by atoms with Gasteiger partial charge in [0.1, 0.15) is 0 Å². The molecule has 0 aromatic carbocycles. The average molecular weight is 276 g/mol. The number of nitrogens with two attached hydrogens (primary N) is 1. The highest BCUT2D eigenvalue weighted by Gasteiger charge is 2.28. The fraction of sp³-hybridized carbons (Fsp3) is 0.500. The summed E-state index contributed by atoms with van der Waals surface area (Å²) in [6.45, 7) is 4.54. The minimum Gasteiger partial charge on any atom is -0.368 e. The molecule has 0 radical (unpaired) electrons. The summed E-state index contributed by atoms with van der Waals surface area (Å²) >= 11 is 0. The molecule has 2 N–H and O–H groups in total. The average Bonchev–Trinajstić information content (AvgIpc) is 2.48. The number of rotatable bonds is 4. The summed E-state index contributed by atoms with van der Waals surface area (Å²) in [5, 5.41) is 0. The van der Waals surface area contributed by atoms with Crippen molar-refractivity contribution >= 4 is 11.8 Å². The van der Waals surface area contributed by atoms with Gasteiger partial charge in [0.25, 0.3) is 5.91 Å². The van der Waals surface area contributed by atoms with E-state index in [-0.39, 0.29) is 17.9 Å². The standard InChI is InChI=1S/C14H20N4O2/c1-2-12(13(15)19)17-7-9-18(10-8-17)14(20)11-3-5-16-6-4-11/h3-6,12H,2,7-10H2,1H3,(H2,15,19). The van der Waals surface area contributed by atoms with Crippen molar-refractivity contribution in [2.45, 2.75) is 19.4 Å². The van der Waals surface area contributed by atoms with Gasteiger partial charge in [-0.3, -0.25) is 19.5 Å². The third-order valence-electron chi connectivity index (χ3n) is 3.68. The van der Waals surface area contributed by atoms with Crippen LogP contribution in [0.4, 0.5) is 0 Å². The predicted molar refractivity (Wildman–Crippen MR) is 75.0 cm³/mol. The van der Waals surface area contributed by atoms with Crippen molar-refractivity contribution in [1.29, 1.82) is 0 Å². The van der Waals surface area contributed by atoms with Crippen LogP contribution in [-0.4, -0.2) is 58.8 Å². The molecule has 1 aliphatic rings. The van der Waals surface area contributed by atoms with Gasteiger partial charge in [-0.25, -0.2) is 0 Å². The smallest absolute Gasteiger partial charge is 0.254 e. The van der Waals surface area contributed by atoms with Crippen LogP contribution in [0.2, 0.25) is 0 Å². The van der Waals surface area contributed by atoms with E-state index >= 15 is 0 Å². The molecule has 0 bridgehead atoms. The minimum absolute atomic E-state index is 0.0131. The first-order chi connectivity index (χ1) is 9.63. The van der Waals surface area contributed by atoms with Gasteiger partial charge in [0, 0.05) is 44.1 Å². The van der Waals surface area contributed by atoms with E-state index in [2.05, 4.69) is 9.88 Å². The van der Waals surface area contributed by atoms with Gasteiger partial charge in [-0.15, -0.1) is 0 Å². The maximum absolute atomic E-state index is 12.3. The van der Waals surface area contributed by atoms with E-state index in [1.165, 1.54) is 0 Å². The van der Waals surface area contributed by atoms with Gasteiger partial charge < -0.3 is 10.6 Å². The Morgan fingerprint density at radius 2 is 1.85 bits per heavy atom. The molecule has 0 aliphatic carbocycles. The Morgan fingerprint density at radius 1 is 1.25 bits per heavy atom. The number of carbonyl (C=O) groups is 2. The molecule has 1 aliphatic heterocycles. The van der Waals surface area contributed by atoms with Crippen LogP contribution in [0.25, 0.3) is 0 Å². The van der Waals surface area contributed by atoms with E-state index in [1.807, 2.05) is 6.92 Å². The van der Waals surface area contributed by atoms with Crippen molar-refractivity contribution in [2.24, 2.45) is 5.73 Å². The maximum atomic E-state index is 12.3. The minimum atomic E-state index is -0.290. The van der Waals surface area contributed by atoms with Gasteiger partial charge in [-0.05, 0) is 18.6 Å². The monoisotopic (exact) mass is 276 g/mol. The van der Waals surface area contributed by atoms with Crippen LogP contribution in [0.3, 0.4) is 0 Å². The molecule has 1 aromatic rings. The van der Waals surface area contributed by atoms with Gasteiger partial charge in [-0.1, -0.05) is 6.92 Å². The molecule has 1 saturated heterocycles. The number of hydrogen-bond acceptors (Lipinski definition) is 4. The van der Waals surface area contributed by atoms with Crippen LogP contribution < -0.4 is 5.73 Å². The summed E-state index contributed by atoms with van der Waals surface area (Å²) in [4.78, 5) is 31.4. The molecule has 1 fully saturated rings. The number of nitrogens with zero attached hydrogens (tertiary/aromatic N) is 3. The summed E-state index contributed by atoms with van der Waals surface area (Å²) in [6, 6.07) is 3.20. The SMILES string of the molecule is CCC(C(N)=O)N1CCN(C(=O)c2ccncc2)CC1. The van der Waals surface area contributed by atoms with Crippen molar-refractivity contribution in [3.63, 3.8) is 0 Å². The summed E-state index contributed by atoms with van der Waals surface area (Å²) in [6.07, 6.45) is 3.93. The Kier molecular flexibility index (Phi) is 4.68. The van der Waals surface area contributed by atoms with Crippen molar-refractivity contribution in [3.8, 4) is 0 Å². The van der Waals surface area contributed by atoms with E-state index in [4.69, 9.17) is 5.73 Å². The third-order valence-corrected chi connectivity index (χ3v) is 3.68. The van der Waals surface area contributed by atoms with Crippen LogP contribution in [0.5, 0.6) is 0 Å². The Bertz CT molecular complexity index is 469. The third kappa shape index (κ3) is 3.14. The highest BCUT2D eigenvalue weighted by Crippen LogP contribution is 2.12. The number of aromatic nitrogens is 1. The lowest BCUT2D eigenvalue weighted by Crippen LogP contribution is -2.55. The molecule has 20 heavy (non-hydrogen) atoms. The summed E-state index contributed by atoms with van der Waals surface area (Å²) in [5.41, 5.74) is 6.04. The summed E-state index contributed by atoms with van der Waals surface area (Å²) in [7, 11) is 0. The lowest BCUT2D eigenvalue weighted by molar-refractivity contribution is -0.123. The molecule has 1 aromatic heterocycles. The van der Waals surface area contributed by atoms with Crippen molar-refractivity contribution in [3.05, 3.63) is 30.1 Å². The lowest BCUT2D eigenvalue weighted by atomic mass is 10.1. The van der Waals surface area contributed by atoms with Gasteiger partial charge in [0.2, 0.25) is 5.91 Å². The number of carbonyl (C=O) groups excluding carboxylic acids is 2. The second kappa shape index (κ2) is 6.47. The van der Waals surface area contributed by atoms with Crippen LogP contribution >= 0.6 is 0 Å². The van der Waals surface area contributed by atoms with Crippen LogP contribution in [0.1, 0.15) is 23.7 Å². The largest absolute Gasteiger partial charge is 0.368 e. The molecule has 6 heteroatoms. The zero-order valence-electron chi connectivity index (χ0n) is 11.7. The molecule has 0 saturated carbocycles. The van der Waals surface area contributed by atoms with Gasteiger partial charge in [-0.2, -0.15) is 0 Å². The van der Waals surface area contributed by atoms with Gasteiger partial charge in [0.05, 0.1) is 6.04 Å². The molecule has 1 atom stereocenters. The Balaban J connectivity index is 1.94. The molecule has 2 rings (SSSR count). The zero-order valence-corrected chi connectivity index (χ0v) is 11.7. The predicted octanol–water partition coefficient (Wildman–Crippen LogP) is 0.103. The van der Waals surface area contributed by atoms with Gasteiger partial charge >= 0.3 is 0 Å². The van der Waals surface area contributed by atoms with Crippen molar-refractivity contribution in [1.82, 2.24) is 14.8 Å².